The second-order valence-corrected chi connectivity index (χ2v) is 4.22. The van der Waals surface area contributed by atoms with Crippen molar-refractivity contribution in [1.82, 2.24) is 5.32 Å². The molecule has 0 fully saturated rings. The molecule has 14 heavy (non-hydrogen) atoms. The van der Waals surface area contributed by atoms with Gasteiger partial charge in [-0.05, 0) is 42.0 Å². The number of likely N-dealkylation sites (N-methyl/N-ethyl adjacent to an activating group) is 1. The van der Waals surface area contributed by atoms with Crippen molar-refractivity contribution in [2.24, 2.45) is 0 Å². The van der Waals surface area contributed by atoms with Gasteiger partial charge in [0.05, 0.1) is 16.1 Å². The van der Waals surface area contributed by atoms with E-state index in [1.165, 1.54) is 6.07 Å². The molecule has 1 aliphatic heterocycles. The van der Waals surface area contributed by atoms with Crippen molar-refractivity contribution in [3.05, 3.63) is 28.0 Å². The summed E-state index contributed by atoms with van der Waals surface area (Å²) >= 11 is 3.35. The zero-order valence-corrected chi connectivity index (χ0v) is 9.56. The Morgan fingerprint density at radius 2 is 2.21 bits per heavy atom. The van der Waals surface area contributed by atoms with E-state index in [9.17, 15) is 4.39 Å². The van der Waals surface area contributed by atoms with E-state index in [0.29, 0.717) is 11.3 Å². The summed E-state index contributed by atoms with van der Waals surface area (Å²) in [5, 5.41) is 3.05. The fraction of sp³-hybridized carbons (Fsp3) is 0.400. The number of fused-ring (bicyclic) bond motifs is 1. The lowest BCUT2D eigenvalue weighted by atomic mass is 10.0. The second kappa shape index (κ2) is 3.51. The molecule has 4 heteroatoms. The van der Waals surface area contributed by atoms with Gasteiger partial charge in [-0.3, -0.25) is 0 Å². The maximum absolute atomic E-state index is 13.5. The van der Waals surface area contributed by atoms with E-state index in [2.05, 4.69) is 21.2 Å². The Hall–Kier alpha value is -0.610. The Morgan fingerprint density at radius 1 is 1.50 bits per heavy atom. The fourth-order valence-corrected chi connectivity index (χ4v) is 2.27. The van der Waals surface area contributed by atoms with Gasteiger partial charge in [0.2, 0.25) is 0 Å². The Bertz CT molecular complexity index is 369. The summed E-state index contributed by atoms with van der Waals surface area (Å²) in [7, 11) is 1.81. The molecule has 0 spiro atoms. The topological polar surface area (TPSA) is 21.3 Å². The first-order valence-electron chi connectivity index (χ1n) is 4.47. The van der Waals surface area contributed by atoms with Crippen LogP contribution in [0.3, 0.4) is 0 Å². The van der Waals surface area contributed by atoms with Gasteiger partial charge in [0, 0.05) is 0 Å². The third-order valence-electron chi connectivity index (χ3n) is 2.49. The predicted octanol–water partition coefficient (Wildman–Crippen LogP) is 2.63. The molecule has 76 valence electrons. The van der Waals surface area contributed by atoms with E-state index in [4.69, 9.17) is 4.74 Å². The van der Waals surface area contributed by atoms with E-state index in [0.717, 1.165) is 4.47 Å². The smallest absolute Gasteiger partial charge is 0.141 e. The van der Waals surface area contributed by atoms with E-state index < -0.39 is 0 Å². The van der Waals surface area contributed by atoms with Gasteiger partial charge in [-0.15, -0.1) is 0 Å². The van der Waals surface area contributed by atoms with Crippen LogP contribution in [0.25, 0.3) is 0 Å². The molecule has 1 aromatic carbocycles. The molecule has 1 N–H and O–H groups in total. The van der Waals surface area contributed by atoms with Crippen LogP contribution in [0.5, 0.6) is 5.75 Å². The molecule has 0 saturated heterocycles. The van der Waals surface area contributed by atoms with Gasteiger partial charge in [0.15, 0.2) is 0 Å². The summed E-state index contributed by atoms with van der Waals surface area (Å²) in [6.45, 7) is 1.92. The molecule has 2 nitrogen and oxygen atoms in total. The van der Waals surface area contributed by atoms with Crippen LogP contribution in [0, 0.1) is 5.82 Å². The molecule has 0 aromatic heterocycles. The summed E-state index contributed by atoms with van der Waals surface area (Å²) in [6, 6.07) is 3.05. The molecule has 2 unspecified atom stereocenters. The molecule has 2 rings (SSSR count). The van der Waals surface area contributed by atoms with Crippen LogP contribution < -0.4 is 10.1 Å². The number of rotatable bonds is 1. The summed E-state index contributed by atoms with van der Waals surface area (Å²) in [6.07, 6.45) is -0.0387. The van der Waals surface area contributed by atoms with Gasteiger partial charge >= 0.3 is 0 Å². The summed E-state index contributed by atoms with van der Waals surface area (Å²) in [5.41, 5.74) is 0.620. The minimum Gasteiger partial charge on any atom is -0.487 e. The van der Waals surface area contributed by atoms with Crippen molar-refractivity contribution in [2.75, 3.05) is 7.05 Å². The number of nitrogens with one attached hydrogen (secondary N) is 1. The minimum absolute atomic E-state index is 0.0387. The van der Waals surface area contributed by atoms with E-state index in [1.54, 1.807) is 13.1 Å². The van der Waals surface area contributed by atoms with Crippen LogP contribution in [0.2, 0.25) is 0 Å². The highest BCUT2D eigenvalue weighted by Crippen LogP contribution is 2.42. The number of ether oxygens (including phenoxy) is 1. The molecule has 0 aliphatic carbocycles. The first-order chi connectivity index (χ1) is 6.65. The van der Waals surface area contributed by atoms with Gasteiger partial charge in [-0.25, -0.2) is 4.39 Å². The van der Waals surface area contributed by atoms with Crippen molar-refractivity contribution in [1.29, 1.82) is 0 Å². The highest BCUT2D eigenvalue weighted by molar-refractivity contribution is 9.10. The molecule has 1 aliphatic rings. The van der Waals surface area contributed by atoms with Crippen LogP contribution in [0.4, 0.5) is 4.39 Å². The Morgan fingerprint density at radius 3 is 2.86 bits per heavy atom. The number of hydrogen-bond acceptors (Lipinski definition) is 2. The van der Waals surface area contributed by atoms with Gasteiger partial charge in [0.1, 0.15) is 17.7 Å². The van der Waals surface area contributed by atoms with Gasteiger partial charge in [0.25, 0.3) is 0 Å². The highest BCUT2D eigenvalue weighted by Gasteiger charge is 2.34. The van der Waals surface area contributed by atoms with Gasteiger partial charge in [-0.2, -0.15) is 0 Å². The van der Waals surface area contributed by atoms with Crippen molar-refractivity contribution in [2.45, 2.75) is 19.1 Å². The van der Waals surface area contributed by atoms with Crippen LogP contribution in [0.1, 0.15) is 18.5 Å². The van der Waals surface area contributed by atoms with Crippen LogP contribution in [-0.2, 0) is 0 Å². The minimum atomic E-state index is -0.216. The van der Waals surface area contributed by atoms with E-state index in [1.807, 2.05) is 6.92 Å². The fourth-order valence-electron chi connectivity index (χ4n) is 1.83. The molecule has 1 aromatic rings. The first kappa shape index (κ1) is 9.93. The molecule has 0 radical (unpaired) electrons. The Kier molecular flexibility index (Phi) is 2.49. The number of benzene rings is 1. The van der Waals surface area contributed by atoms with E-state index in [-0.39, 0.29) is 18.0 Å². The third-order valence-corrected chi connectivity index (χ3v) is 3.11. The zero-order valence-electron chi connectivity index (χ0n) is 7.97. The summed E-state index contributed by atoms with van der Waals surface area (Å²) < 4.78 is 19.9. The number of halogens is 2. The van der Waals surface area contributed by atoms with Crippen LogP contribution in [0.15, 0.2) is 16.6 Å². The molecule has 1 heterocycles. The maximum atomic E-state index is 13.5. The lowest BCUT2D eigenvalue weighted by Crippen LogP contribution is -2.25. The van der Waals surface area contributed by atoms with Crippen LogP contribution in [-0.4, -0.2) is 13.2 Å². The predicted molar refractivity (Wildman–Crippen MR) is 56.0 cm³/mol. The lowest BCUT2D eigenvalue weighted by molar-refractivity contribution is 0.213. The Labute approximate surface area is 90.6 Å². The van der Waals surface area contributed by atoms with Crippen molar-refractivity contribution in [3.8, 4) is 5.75 Å². The van der Waals surface area contributed by atoms with Crippen molar-refractivity contribution in [3.63, 3.8) is 0 Å². The quantitative estimate of drug-likeness (QED) is 0.838. The monoisotopic (exact) mass is 259 g/mol. The SMILES string of the molecule is CNC1c2c(F)ccc(Br)c2OC1C. The first-order valence-corrected chi connectivity index (χ1v) is 5.26. The molecule has 0 amide bonds. The molecular weight excluding hydrogens is 249 g/mol. The number of hydrogen-bond donors (Lipinski definition) is 1. The second-order valence-electron chi connectivity index (χ2n) is 3.36. The molecule has 0 bridgehead atoms. The maximum Gasteiger partial charge on any atom is 0.141 e. The van der Waals surface area contributed by atoms with Crippen molar-refractivity contribution < 1.29 is 9.13 Å². The summed E-state index contributed by atoms with van der Waals surface area (Å²) in [5.74, 6) is 0.406. The average Bonchev–Trinajstić information content (AvgIpc) is 2.50. The molecular formula is C10H11BrFNO. The average molecular weight is 260 g/mol. The Balaban J connectivity index is 2.57. The van der Waals surface area contributed by atoms with Gasteiger partial charge in [-0.1, -0.05) is 0 Å². The molecule has 0 saturated carbocycles. The van der Waals surface area contributed by atoms with Gasteiger partial charge < -0.3 is 10.1 Å². The molecule has 2 atom stereocenters. The summed E-state index contributed by atoms with van der Waals surface area (Å²) in [4.78, 5) is 0. The van der Waals surface area contributed by atoms with Crippen molar-refractivity contribution >= 4 is 15.9 Å². The third kappa shape index (κ3) is 1.33. The largest absolute Gasteiger partial charge is 0.487 e. The highest BCUT2D eigenvalue weighted by atomic mass is 79.9. The normalized spacial score (nSPS) is 24.6. The standard InChI is InChI=1S/C10H11BrFNO/c1-5-9(13-2)8-7(12)4-3-6(11)10(8)14-5/h3-5,9,13H,1-2H3. The zero-order chi connectivity index (χ0) is 10.3. The van der Waals surface area contributed by atoms with Crippen LogP contribution >= 0.6 is 15.9 Å². The van der Waals surface area contributed by atoms with E-state index >= 15 is 0 Å². The lowest BCUT2D eigenvalue weighted by Gasteiger charge is -2.13.